The molecule has 7 heteroatoms. The number of amides is 2. The van der Waals surface area contributed by atoms with E-state index in [1.807, 2.05) is 41.3 Å². The van der Waals surface area contributed by atoms with Crippen molar-refractivity contribution in [3.05, 3.63) is 114 Å². The molecule has 1 aromatic heterocycles. The van der Waals surface area contributed by atoms with Gasteiger partial charge in [0.1, 0.15) is 17.2 Å². The molecular weight excluding hydrogens is 455 g/mol. The number of hydrogen-bond donors (Lipinski definition) is 1. The molecule has 0 unspecified atom stereocenters. The molecule has 0 bridgehead atoms. The zero-order chi connectivity index (χ0) is 24.9. The molecule has 36 heavy (non-hydrogen) atoms. The largest absolute Gasteiger partial charge is 0.338 e. The molecule has 1 aliphatic rings. The Morgan fingerprint density at radius 2 is 1.50 bits per heavy atom. The average Bonchev–Trinajstić information content (AvgIpc) is 3.33. The highest BCUT2D eigenvalue weighted by Crippen LogP contribution is 2.27. The van der Waals surface area contributed by atoms with Crippen LogP contribution in [0.2, 0.25) is 0 Å². The van der Waals surface area contributed by atoms with E-state index in [0.717, 1.165) is 19.3 Å². The molecule has 0 saturated carbocycles. The number of nitrogens with one attached hydrogen (secondary N) is 1. The fourth-order valence-corrected chi connectivity index (χ4v) is 4.67. The maximum Gasteiger partial charge on any atom is 0.259 e. The number of anilines is 1. The molecule has 3 aromatic carbocycles. The Kier molecular flexibility index (Phi) is 6.89. The molecule has 0 radical (unpaired) electrons. The minimum atomic E-state index is -0.638. The van der Waals surface area contributed by atoms with E-state index in [4.69, 9.17) is 0 Å². The number of rotatable bonds is 6. The molecule has 1 saturated heterocycles. The number of carbonyl (C=O) groups excluding carboxylic acids is 2. The van der Waals surface area contributed by atoms with Crippen molar-refractivity contribution in [3.8, 4) is 5.69 Å². The van der Waals surface area contributed by atoms with Crippen molar-refractivity contribution in [2.45, 2.75) is 19.3 Å². The molecule has 6 nitrogen and oxygen atoms in total. The average molecular weight is 483 g/mol. The molecule has 5 rings (SSSR count). The first kappa shape index (κ1) is 23.5. The highest BCUT2D eigenvalue weighted by Gasteiger charge is 2.28. The van der Waals surface area contributed by atoms with Crippen molar-refractivity contribution >= 4 is 17.6 Å². The van der Waals surface area contributed by atoms with Gasteiger partial charge < -0.3 is 10.2 Å². The Morgan fingerprint density at radius 3 is 2.19 bits per heavy atom. The Morgan fingerprint density at radius 1 is 0.861 bits per heavy atom. The second-order valence-electron chi connectivity index (χ2n) is 9.01. The molecule has 0 aliphatic carbocycles. The summed E-state index contributed by atoms with van der Waals surface area (Å²) in [6, 6.07) is 25.4. The van der Waals surface area contributed by atoms with Crippen molar-refractivity contribution < 1.29 is 14.0 Å². The molecule has 1 fully saturated rings. The van der Waals surface area contributed by atoms with Crippen LogP contribution in [0, 0.1) is 11.7 Å². The summed E-state index contributed by atoms with van der Waals surface area (Å²) in [6.07, 6.45) is 4.29. The van der Waals surface area contributed by atoms with Gasteiger partial charge in [0, 0.05) is 13.1 Å². The highest BCUT2D eigenvalue weighted by molar-refractivity contribution is 6.08. The van der Waals surface area contributed by atoms with Crippen molar-refractivity contribution in [3.63, 3.8) is 0 Å². The second kappa shape index (κ2) is 10.6. The van der Waals surface area contributed by atoms with Gasteiger partial charge in [-0.15, -0.1) is 0 Å². The van der Waals surface area contributed by atoms with Crippen LogP contribution in [0.5, 0.6) is 0 Å². The van der Waals surface area contributed by atoms with E-state index < -0.39 is 11.7 Å². The summed E-state index contributed by atoms with van der Waals surface area (Å²) < 4.78 is 15.8. The summed E-state index contributed by atoms with van der Waals surface area (Å²) in [7, 11) is 0. The minimum absolute atomic E-state index is 0.0987. The summed E-state index contributed by atoms with van der Waals surface area (Å²) in [5.74, 6) is -0.718. The summed E-state index contributed by atoms with van der Waals surface area (Å²) in [4.78, 5) is 28.3. The number of likely N-dealkylation sites (tertiary alicyclic amines) is 1. The third kappa shape index (κ3) is 5.05. The van der Waals surface area contributed by atoms with Crippen LogP contribution in [0.4, 0.5) is 10.2 Å². The van der Waals surface area contributed by atoms with Crippen molar-refractivity contribution in [1.82, 2.24) is 14.7 Å². The lowest BCUT2D eigenvalue weighted by Crippen LogP contribution is -2.39. The zero-order valence-corrected chi connectivity index (χ0v) is 19.8. The van der Waals surface area contributed by atoms with Crippen LogP contribution in [0.25, 0.3) is 5.69 Å². The lowest BCUT2D eigenvalue weighted by atomic mass is 9.90. The zero-order valence-electron chi connectivity index (χ0n) is 19.8. The van der Waals surface area contributed by atoms with E-state index in [1.54, 1.807) is 6.07 Å². The molecular formula is C29H27FN4O2. The van der Waals surface area contributed by atoms with Crippen molar-refractivity contribution in [2.75, 3.05) is 18.4 Å². The summed E-state index contributed by atoms with van der Waals surface area (Å²) in [6.45, 7) is 1.26. The molecule has 2 amide bonds. The third-order valence-corrected chi connectivity index (χ3v) is 6.62. The molecule has 182 valence electrons. The lowest BCUT2D eigenvalue weighted by molar-refractivity contribution is 0.0691. The predicted molar refractivity (Wildman–Crippen MR) is 137 cm³/mol. The monoisotopic (exact) mass is 482 g/mol. The number of hydrogen-bond acceptors (Lipinski definition) is 3. The Balaban J connectivity index is 1.37. The van der Waals surface area contributed by atoms with E-state index in [-0.39, 0.29) is 22.9 Å². The Labute approximate surface area is 209 Å². The summed E-state index contributed by atoms with van der Waals surface area (Å²) in [5, 5.41) is 7.15. The first-order valence-corrected chi connectivity index (χ1v) is 12.1. The number of benzene rings is 3. The van der Waals surface area contributed by atoms with Gasteiger partial charge in [-0.2, -0.15) is 5.10 Å². The summed E-state index contributed by atoms with van der Waals surface area (Å²) in [5.41, 5.74) is 2.18. The first-order chi connectivity index (χ1) is 17.6. The van der Waals surface area contributed by atoms with E-state index >= 15 is 0 Å². The van der Waals surface area contributed by atoms with Gasteiger partial charge in [0.05, 0.1) is 17.4 Å². The second-order valence-corrected chi connectivity index (χ2v) is 9.01. The number of piperidine rings is 1. The predicted octanol–water partition coefficient (Wildman–Crippen LogP) is 5.36. The number of aromatic nitrogens is 2. The highest BCUT2D eigenvalue weighted by atomic mass is 19.1. The third-order valence-electron chi connectivity index (χ3n) is 6.62. The quantitative estimate of drug-likeness (QED) is 0.402. The maximum atomic E-state index is 14.3. The summed E-state index contributed by atoms with van der Waals surface area (Å²) >= 11 is 0. The van der Waals surface area contributed by atoms with E-state index in [0.29, 0.717) is 24.7 Å². The molecule has 1 aliphatic heterocycles. The van der Waals surface area contributed by atoms with Crippen LogP contribution in [-0.4, -0.2) is 39.6 Å². The van der Waals surface area contributed by atoms with Gasteiger partial charge in [0.2, 0.25) is 0 Å². The van der Waals surface area contributed by atoms with Crippen molar-refractivity contribution in [1.29, 1.82) is 0 Å². The van der Waals surface area contributed by atoms with Gasteiger partial charge in [-0.1, -0.05) is 60.7 Å². The molecule has 0 spiro atoms. The first-order valence-electron chi connectivity index (χ1n) is 12.1. The fraction of sp³-hybridized carbons (Fsp3) is 0.207. The van der Waals surface area contributed by atoms with Gasteiger partial charge >= 0.3 is 0 Å². The number of nitrogens with zero attached hydrogens (tertiary/aromatic N) is 3. The number of para-hydroxylation sites is 1. The smallest absolute Gasteiger partial charge is 0.259 e. The van der Waals surface area contributed by atoms with Crippen LogP contribution in [-0.2, 0) is 6.42 Å². The number of halogens is 1. The van der Waals surface area contributed by atoms with Crippen LogP contribution in [0.1, 0.15) is 39.1 Å². The van der Waals surface area contributed by atoms with Crippen LogP contribution >= 0.6 is 0 Å². The SMILES string of the molecule is O=C(Nc1c(C(=O)N2CCC(Cc3ccccc3)CC2)cnn1-c1ccccc1)c1ccccc1F. The fourth-order valence-electron chi connectivity index (χ4n) is 4.67. The van der Waals surface area contributed by atoms with Crippen LogP contribution < -0.4 is 5.32 Å². The van der Waals surface area contributed by atoms with Gasteiger partial charge in [-0.05, 0) is 55.0 Å². The Hall–Kier alpha value is -4.26. The minimum Gasteiger partial charge on any atom is -0.338 e. The van der Waals surface area contributed by atoms with E-state index in [1.165, 1.54) is 34.6 Å². The van der Waals surface area contributed by atoms with Crippen molar-refractivity contribution in [2.24, 2.45) is 5.92 Å². The standard InChI is InChI=1S/C29H27FN4O2/c30-26-14-8-7-13-24(26)28(35)32-27-25(20-31-34(27)23-11-5-2-6-12-23)29(36)33-17-15-22(16-18-33)19-21-9-3-1-4-10-21/h1-14,20,22H,15-19H2,(H,32,35). The Bertz CT molecular complexity index is 1350. The van der Waals surface area contributed by atoms with E-state index in [2.05, 4.69) is 34.7 Å². The maximum absolute atomic E-state index is 14.3. The molecule has 4 aromatic rings. The molecule has 2 heterocycles. The number of carbonyl (C=O) groups is 2. The topological polar surface area (TPSA) is 67.2 Å². The van der Waals surface area contributed by atoms with Crippen LogP contribution in [0.3, 0.4) is 0 Å². The van der Waals surface area contributed by atoms with Gasteiger partial charge in [0.15, 0.2) is 0 Å². The normalized spacial score (nSPS) is 14.0. The molecule has 0 atom stereocenters. The van der Waals surface area contributed by atoms with E-state index in [9.17, 15) is 14.0 Å². The van der Waals surface area contributed by atoms with Gasteiger partial charge in [0.25, 0.3) is 11.8 Å². The lowest BCUT2D eigenvalue weighted by Gasteiger charge is -2.32. The van der Waals surface area contributed by atoms with Crippen LogP contribution in [0.15, 0.2) is 91.1 Å². The van der Waals surface area contributed by atoms with Gasteiger partial charge in [-0.3, -0.25) is 9.59 Å². The molecule has 1 N–H and O–H groups in total. The van der Waals surface area contributed by atoms with Gasteiger partial charge in [-0.25, -0.2) is 9.07 Å².